The summed E-state index contributed by atoms with van der Waals surface area (Å²) < 4.78 is 3.64. The van der Waals surface area contributed by atoms with Gasteiger partial charge in [0.1, 0.15) is 4.70 Å². The van der Waals surface area contributed by atoms with Crippen LogP contribution in [0.3, 0.4) is 0 Å². The van der Waals surface area contributed by atoms with Crippen molar-refractivity contribution in [2.75, 3.05) is 31.1 Å². The van der Waals surface area contributed by atoms with Crippen molar-refractivity contribution in [2.24, 2.45) is 0 Å². The lowest BCUT2D eigenvalue weighted by Gasteiger charge is -2.36. The van der Waals surface area contributed by atoms with Gasteiger partial charge in [0.25, 0.3) is 5.56 Å². The van der Waals surface area contributed by atoms with E-state index in [-0.39, 0.29) is 11.2 Å². The number of hydrogen-bond acceptors (Lipinski definition) is 7. The van der Waals surface area contributed by atoms with E-state index in [1.165, 1.54) is 15.9 Å². The number of anilines is 1. The van der Waals surface area contributed by atoms with E-state index in [1.54, 1.807) is 17.8 Å². The number of aromatic nitrogens is 5. The van der Waals surface area contributed by atoms with Gasteiger partial charge in [-0.3, -0.25) is 14.3 Å². The number of aromatic amines is 1. The first kappa shape index (κ1) is 20.7. The van der Waals surface area contributed by atoms with Gasteiger partial charge in [0.05, 0.1) is 16.9 Å². The van der Waals surface area contributed by atoms with Gasteiger partial charge in [-0.15, -0.1) is 11.3 Å². The fourth-order valence-corrected chi connectivity index (χ4v) is 5.33. The highest BCUT2D eigenvalue weighted by Gasteiger charge is 2.20. The molecule has 10 heteroatoms. The Morgan fingerprint density at radius 2 is 1.97 bits per heavy atom. The Balaban J connectivity index is 1.27. The minimum absolute atomic E-state index is 0.200. The molecule has 0 radical (unpaired) electrons. The van der Waals surface area contributed by atoms with Crippen molar-refractivity contribution in [3.63, 3.8) is 0 Å². The zero-order chi connectivity index (χ0) is 22.2. The highest BCUT2D eigenvalue weighted by Crippen LogP contribution is 2.24. The second-order valence-electron chi connectivity index (χ2n) is 7.92. The van der Waals surface area contributed by atoms with Crippen molar-refractivity contribution in [1.29, 1.82) is 0 Å². The van der Waals surface area contributed by atoms with Gasteiger partial charge in [-0.1, -0.05) is 0 Å². The fraction of sp³-hybridized carbons (Fsp3) is 0.364. The zero-order valence-electron chi connectivity index (χ0n) is 18.1. The number of aryl methyl sites for hydroxylation is 1. The summed E-state index contributed by atoms with van der Waals surface area (Å²) in [5.41, 5.74) is 2.24. The average Bonchev–Trinajstić information content (AvgIpc) is 3.45. The molecular formula is C22H25N7O2S. The molecule has 1 saturated heterocycles. The number of thiophene rings is 1. The molecule has 4 aromatic heterocycles. The molecule has 0 aromatic carbocycles. The predicted molar refractivity (Wildman–Crippen MR) is 126 cm³/mol. The van der Waals surface area contributed by atoms with Crippen LogP contribution in [0, 0.1) is 6.92 Å². The minimum atomic E-state index is -0.342. The van der Waals surface area contributed by atoms with E-state index in [0.717, 1.165) is 54.8 Å². The van der Waals surface area contributed by atoms with Crippen molar-refractivity contribution in [3.8, 4) is 5.82 Å². The Labute approximate surface area is 188 Å². The third-order valence-corrected chi connectivity index (χ3v) is 7.01. The molecule has 0 spiro atoms. The van der Waals surface area contributed by atoms with Crippen LogP contribution in [0.5, 0.6) is 0 Å². The van der Waals surface area contributed by atoms with Gasteiger partial charge < -0.3 is 9.88 Å². The van der Waals surface area contributed by atoms with Crippen LogP contribution >= 0.6 is 11.3 Å². The third kappa shape index (κ3) is 3.76. The Morgan fingerprint density at radius 1 is 1.16 bits per heavy atom. The van der Waals surface area contributed by atoms with Crippen molar-refractivity contribution in [3.05, 3.63) is 68.1 Å². The van der Waals surface area contributed by atoms with Crippen LogP contribution in [0.1, 0.15) is 17.5 Å². The maximum absolute atomic E-state index is 12.5. The first-order valence-electron chi connectivity index (χ1n) is 10.7. The van der Waals surface area contributed by atoms with Crippen LogP contribution in [0.2, 0.25) is 0 Å². The standard InChI is InChI=1S/C22H25N7O2S/c1-3-28-21(30)20-17(25-22(28)31)13-16(32-20)14-26-9-11-27(12-10-26)18-5-6-19(24-15(18)2)29-8-4-7-23-29/h4-8,13H,3,9-12,14H2,1-2H3,(H,25,31). The Kier molecular flexibility index (Phi) is 5.40. The minimum Gasteiger partial charge on any atom is -0.368 e. The lowest BCUT2D eigenvalue weighted by atomic mass is 10.2. The number of nitrogens with one attached hydrogen (secondary N) is 1. The number of piperazine rings is 1. The predicted octanol–water partition coefficient (Wildman–Crippen LogP) is 1.98. The highest BCUT2D eigenvalue weighted by atomic mass is 32.1. The molecule has 0 saturated carbocycles. The highest BCUT2D eigenvalue weighted by molar-refractivity contribution is 7.18. The molecule has 9 nitrogen and oxygen atoms in total. The Morgan fingerprint density at radius 3 is 2.66 bits per heavy atom. The molecule has 166 valence electrons. The maximum Gasteiger partial charge on any atom is 0.328 e. The van der Waals surface area contributed by atoms with Gasteiger partial charge in [-0.2, -0.15) is 5.10 Å². The quantitative estimate of drug-likeness (QED) is 0.499. The number of H-pyrrole nitrogens is 1. The van der Waals surface area contributed by atoms with Gasteiger partial charge >= 0.3 is 5.69 Å². The molecule has 1 N–H and O–H groups in total. The first-order valence-corrected chi connectivity index (χ1v) is 11.6. The lowest BCUT2D eigenvalue weighted by Crippen LogP contribution is -2.46. The van der Waals surface area contributed by atoms with E-state index in [1.807, 2.05) is 31.3 Å². The number of pyridine rings is 1. The molecular weight excluding hydrogens is 426 g/mol. The van der Waals surface area contributed by atoms with E-state index in [2.05, 4.69) is 25.9 Å². The van der Waals surface area contributed by atoms with Crippen LogP contribution in [0.25, 0.3) is 16.0 Å². The monoisotopic (exact) mass is 451 g/mol. The number of rotatable bonds is 5. The zero-order valence-corrected chi connectivity index (χ0v) is 18.9. The van der Waals surface area contributed by atoms with E-state index < -0.39 is 0 Å². The molecule has 5 rings (SSSR count). The summed E-state index contributed by atoms with van der Waals surface area (Å²) >= 11 is 1.48. The average molecular weight is 452 g/mol. The maximum atomic E-state index is 12.5. The molecule has 0 bridgehead atoms. The molecule has 0 atom stereocenters. The normalized spacial score (nSPS) is 15.0. The lowest BCUT2D eigenvalue weighted by molar-refractivity contribution is 0.252. The number of hydrogen-bond donors (Lipinski definition) is 1. The third-order valence-electron chi connectivity index (χ3n) is 5.90. The van der Waals surface area contributed by atoms with Gasteiger partial charge in [0.2, 0.25) is 0 Å². The molecule has 5 heterocycles. The van der Waals surface area contributed by atoms with Crippen LogP contribution in [-0.2, 0) is 13.1 Å². The largest absolute Gasteiger partial charge is 0.368 e. The summed E-state index contributed by atoms with van der Waals surface area (Å²) in [4.78, 5) is 38.0. The van der Waals surface area contributed by atoms with Crippen molar-refractivity contribution in [1.82, 2.24) is 29.2 Å². The van der Waals surface area contributed by atoms with E-state index in [0.29, 0.717) is 16.8 Å². The van der Waals surface area contributed by atoms with E-state index >= 15 is 0 Å². The summed E-state index contributed by atoms with van der Waals surface area (Å²) in [6, 6.07) is 7.95. The summed E-state index contributed by atoms with van der Waals surface area (Å²) in [5, 5.41) is 4.25. The number of nitrogens with zero attached hydrogens (tertiary/aromatic N) is 6. The molecule has 4 aromatic rings. The molecule has 0 unspecified atom stereocenters. The Hall–Kier alpha value is -3.24. The van der Waals surface area contributed by atoms with Crippen molar-refractivity contribution in [2.45, 2.75) is 26.9 Å². The van der Waals surface area contributed by atoms with Crippen molar-refractivity contribution >= 4 is 27.2 Å². The van der Waals surface area contributed by atoms with Gasteiger partial charge in [-0.25, -0.2) is 14.5 Å². The smallest absolute Gasteiger partial charge is 0.328 e. The molecule has 1 aliphatic rings. The topological polar surface area (TPSA) is 92.1 Å². The molecule has 1 fully saturated rings. The van der Waals surface area contributed by atoms with Crippen LogP contribution < -0.4 is 16.1 Å². The second kappa shape index (κ2) is 8.36. The summed E-state index contributed by atoms with van der Waals surface area (Å²) in [6.07, 6.45) is 3.64. The summed E-state index contributed by atoms with van der Waals surface area (Å²) in [6.45, 7) is 8.65. The number of fused-ring (bicyclic) bond motifs is 1. The van der Waals surface area contributed by atoms with Gasteiger partial charge in [0, 0.05) is 56.5 Å². The molecule has 1 aliphatic heterocycles. The van der Waals surface area contributed by atoms with E-state index in [9.17, 15) is 9.59 Å². The molecule has 0 aliphatic carbocycles. The summed E-state index contributed by atoms with van der Waals surface area (Å²) in [5.74, 6) is 0.819. The molecule has 0 amide bonds. The fourth-order valence-electron chi connectivity index (χ4n) is 4.23. The van der Waals surface area contributed by atoms with Gasteiger partial charge in [-0.05, 0) is 38.1 Å². The SMILES string of the molecule is CCn1c(=O)[nH]c2cc(CN3CCN(c4ccc(-n5cccn5)nc4C)CC3)sc2c1=O. The second-order valence-corrected chi connectivity index (χ2v) is 9.06. The van der Waals surface area contributed by atoms with Crippen LogP contribution in [0.4, 0.5) is 5.69 Å². The molecule has 32 heavy (non-hydrogen) atoms. The van der Waals surface area contributed by atoms with E-state index in [4.69, 9.17) is 4.98 Å². The van der Waals surface area contributed by atoms with Crippen molar-refractivity contribution < 1.29 is 0 Å². The van der Waals surface area contributed by atoms with Crippen LogP contribution in [0.15, 0.2) is 46.2 Å². The van der Waals surface area contributed by atoms with Crippen LogP contribution in [-0.4, -0.2) is 55.4 Å². The first-order chi connectivity index (χ1) is 15.5. The van der Waals surface area contributed by atoms with Gasteiger partial charge in [0.15, 0.2) is 5.82 Å². The Bertz CT molecular complexity index is 1360. The summed E-state index contributed by atoms with van der Waals surface area (Å²) in [7, 11) is 0.